The third-order valence-corrected chi connectivity index (χ3v) is 1.89. The lowest BCUT2D eigenvalue weighted by Gasteiger charge is -2.05. The molecule has 0 spiro atoms. The number of Topliss-reactive ketones (excluding diaryl/α,β-unsaturated/α-hetero) is 1. The average Bonchev–Trinajstić information content (AvgIpc) is 2.26. The van der Waals surface area contributed by atoms with Gasteiger partial charge in [-0.05, 0) is 12.1 Å². The lowest BCUT2D eigenvalue weighted by atomic mass is 10.0. The predicted octanol–water partition coefficient (Wildman–Crippen LogP) is 1.49. The van der Waals surface area contributed by atoms with Crippen molar-refractivity contribution in [3.63, 3.8) is 0 Å². The first-order valence-electron chi connectivity index (χ1n) is 4.35. The van der Waals surface area contributed by atoms with Crippen LogP contribution in [-0.2, 0) is 0 Å². The van der Waals surface area contributed by atoms with Crippen LogP contribution < -0.4 is 0 Å². The van der Waals surface area contributed by atoms with Gasteiger partial charge in [0.25, 0.3) is 6.04 Å². The minimum Gasteiger partial charge on any atom is -0.286 e. The molecule has 78 valence electrons. The zero-order valence-electron chi connectivity index (χ0n) is 8.00. The molecule has 0 saturated carbocycles. The molecule has 0 aliphatic heterocycles. The summed E-state index contributed by atoms with van der Waals surface area (Å²) in [5, 5.41) is 10.6. The van der Waals surface area contributed by atoms with E-state index in [-0.39, 0.29) is 12.0 Å². The molecule has 0 fully saturated rings. The number of nitro groups is 1. The molecule has 5 nitrogen and oxygen atoms in total. The van der Waals surface area contributed by atoms with Crippen LogP contribution in [0.3, 0.4) is 0 Å². The molecule has 1 heterocycles. The molecular formula is C10H10N2O3. The second kappa shape index (κ2) is 4.99. The number of carbonyl (C=O) groups is 1. The van der Waals surface area contributed by atoms with Crippen molar-refractivity contribution in [2.75, 3.05) is 0 Å². The fourth-order valence-electron chi connectivity index (χ4n) is 1.15. The highest BCUT2D eigenvalue weighted by Crippen LogP contribution is 2.08. The van der Waals surface area contributed by atoms with Gasteiger partial charge >= 0.3 is 0 Å². The van der Waals surface area contributed by atoms with Gasteiger partial charge in [-0.2, -0.15) is 0 Å². The number of pyridine rings is 1. The summed E-state index contributed by atoms with van der Waals surface area (Å²) in [4.78, 5) is 25.4. The molecule has 0 amide bonds. The van der Waals surface area contributed by atoms with Gasteiger partial charge in [-0.15, -0.1) is 6.58 Å². The molecule has 1 atom stereocenters. The quantitative estimate of drug-likeness (QED) is 0.316. The van der Waals surface area contributed by atoms with Crippen LogP contribution >= 0.6 is 0 Å². The Labute approximate surface area is 86.6 Å². The van der Waals surface area contributed by atoms with Gasteiger partial charge in [-0.25, -0.2) is 0 Å². The maximum Gasteiger partial charge on any atom is 0.278 e. The molecule has 1 unspecified atom stereocenters. The summed E-state index contributed by atoms with van der Waals surface area (Å²) >= 11 is 0. The summed E-state index contributed by atoms with van der Waals surface area (Å²) in [6.45, 7) is 3.39. The molecule has 0 bridgehead atoms. The minimum absolute atomic E-state index is 0.0285. The number of nitrogens with zero attached hydrogens (tertiary/aromatic N) is 2. The maximum atomic E-state index is 11.6. The lowest BCUT2D eigenvalue weighted by Crippen LogP contribution is -2.29. The van der Waals surface area contributed by atoms with Crippen LogP contribution in [0.4, 0.5) is 0 Å². The highest BCUT2D eigenvalue weighted by molar-refractivity contribution is 5.99. The van der Waals surface area contributed by atoms with Gasteiger partial charge in [0.05, 0.1) is 0 Å². The van der Waals surface area contributed by atoms with E-state index in [0.29, 0.717) is 0 Å². The van der Waals surface area contributed by atoms with Crippen LogP contribution in [0.5, 0.6) is 0 Å². The Balaban J connectivity index is 2.91. The van der Waals surface area contributed by atoms with Crippen molar-refractivity contribution < 1.29 is 9.72 Å². The molecule has 0 aromatic carbocycles. The first-order valence-corrected chi connectivity index (χ1v) is 4.35. The second-order valence-electron chi connectivity index (χ2n) is 2.93. The summed E-state index contributed by atoms with van der Waals surface area (Å²) < 4.78 is 0. The molecule has 0 radical (unpaired) electrons. The van der Waals surface area contributed by atoms with Crippen molar-refractivity contribution in [3.8, 4) is 0 Å². The molecule has 0 saturated heterocycles. The lowest BCUT2D eigenvalue weighted by molar-refractivity contribution is -0.504. The van der Waals surface area contributed by atoms with Gasteiger partial charge in [0.15, 0.2) is 0 Å². The Morgan fingerprint density at radius 3 is 2.93 bits per heavy atom. The van der Waals surface area contributed by atoms with E-state index in [0.717, 1.165) is 0 Å². The van der Waals surface area contributed by atoms with E-state index in [1.807, 2.05) is 0 Å². The fourth-order valence-corrected chi connectivity index (χ4v) is 1.15. The van der Waals surface area contributed by atoms with Gasteiger partial charge in [0, 0.05) is 29.3 Å². The first-order chi connectivity index (χ1) is 7.16. The smallest absolute Gasteiger partial charge is 0.278 e. The first kappa shape index (κ1) is 11.0. The molecule has 1 rings (SSSR count). The number of rotatable bonds is 5. The number of ketones is 1. The Kier molecular flexibility index (Phi) is 3.68. The summed E-state index contributed by atoms with van der Waals surface area (Å²) in [5.41, 5.74) is 0.251. The van der Waals surface area contributed by atoms with Crippen molar-refractivity contribution in [2.24, 2.45) is 0 Å². The van der Waals surface area contributed by atoms with Gasteiger partial charge in [0.2, 0.25) is 5.78 Å². The molecule has 15 heavy (non-hydrogen) atoms. The summed E-state index contributed by atoms with van der Waals surface area (Å²) in [6, 6.07) is 1.82. The highest BCUT2D eigenvalue weighted by atomic mass is 16.6. The van der Waals surface area contributed by atoms with Gasteiger partial charge in [-0.3, -0.25) is 19.9 Å². The summed E-state index contributed by atoms with van der Waals surface area (Å²) in [6.07, 6.45) is 4.22. The molecule has 1 aromatic rings. The molecule has 0 N–H and O–H groups in total. The van der Waals surface area contributed by atoms with E-state index in [1.54, 1.807) is 6.07 Å². The van der Waals surface area contributed by atoms with E-state index in [2.05, 4.69) is 11.6 Å². The number of hydrogen-bond donors (Lipinski definition) is 0. The predicted molar refractivity (Wildman–Crippen MR) is 54.2 cm³/mol. The standard InChI is InChI=1S/C10H10N2O3/c1-2-4-9(12(14)15)10(13)8-5-3-6-11-7-8/h2-3,5-7,9H,1,4H2. The SMILES string of the molecule is C=CCC(C(=O)c1cccnc1)[N+](=O)[O-]. The van der Waals surface area contributed by atoms with Crippen molar-refractivity contribution in [2.45, 2.75) is 12.5 Å². The molecular weight excluding hydrogens is 196 g/mol. The number of hydrogen-bond acceptors (Lipinski definition) is 4. The van der Waals surface area contributed by atoms with E-state index in [4.69, 9.17) is 0 Å². The van der Waals surface area contributed by atoms with Crippen LogP contribution in [0, 0.1) is 10.1 Å². The Hall–Kier alpha value is -2.04. The van der Waals surface area contributed by atoms with Crippen LogP contribution in [0.25, 0.3) is 0 Å². The normalized spacial score (nSPS) is 11.7. The van der Waals surface area contributed by atoms with Gasteiger partial charge < -0.3 is 0 Å². The van der Waals surface area contributed by atoms with E-state index in [1.165, 1.54) is 24.5 Å². The van der Waals surface area contributed by atoms with Crippen molar-refractivity contribution >= 4 is 5.78 Å². The van der Waals surface area contributed by atoms with E-state index >= 15 is 0 Å². The van der Waals surface area contributed by atoms with Crippen LogP contribution in [-0.4, -0.2) is 21.7 Å². The van der Waals surface area contributed by atoms with E-state index in [9.17, 15) is 14.9 Å². The van der Waals surface area contributed by atoms with Crippen LogP contribution in [0.1, 0.15) is 16.8 Å². The monoisotopic (exact) mass is 206 g/mol. The Bertz CT molecular complexity index is 376. The van der Waals surface area contributed by atoms with Gasteiger partial charge in [-0.1, -0.05) is 6.08 Å². The van der Waals surface area contributed by atoms with E-state index < -0.39 is 16.7 Å². The van der Waals surface area contributed by atoms with Crippen molar-refractivity contribution in [1.82, 2.24) is 4.98 Å². The van der Waals surface area contributed by atoms with Crippen LogP contribution in [0.15, 0.2) is 37.2 Å². The van der Waals surface area contributed by atoms with Crippen molar-refractivity contribution in [1.29, 1.82) is 0 Å². The summed E-state index contributed by atoms with van der Waals surface area (Å²) in [7, 11) is 0. The highest BCUT2D eigenvalue weighted by Gasteiger charge is 2.29. The zero-order chi connectivity index (χ0) is 11.3. The molecule has 0 aliphatic carbocycles. The van der Waals surface area contributed by atoms with Gasteiger partial charge in [0.1, 0.15) is 0 Å². The summed E-state index contributed by atoms with van der Waals surface area (Å²) in [5.74, 6) is -0.534. The Morgan fingerprint density at radius 2 is 2.47 bits per heavy atom. The minimum atomic E-state index is -1.26. The third kappa shape index (κ3) is 2.70. The maximum absolute atomic E-state index is 11.6. The molecule has 5 heteroatoms. The van der Waals surface area contributed by atoms with Crippen LogP contribution in [0.2, 0.25) is 0 Å². The number of aromatic nitrogens is 1. The number of carbonyl (C=O) groups excluding carboxylic acids is 1. The second-order valence-corrected chi connectivity index (χ2v) is 2.93. The van der Waals surface area contributed by atoms with Crippen molar-refractivity contribution in [3.05, 3.63) is 52.9 Å². The third-order valence-electron chi connectivity index (χ3n) is 1.89. The molecule has 0 aliphatic rings. The fraction of sp³-hybridized carbons (Fsp3) is 0.200. The average molecular weight is 206 g/mol. The molecule has 1 aromatic heterocycles. The Morgan fingerprint density at radius 1 is 1.73 bits per heavy atom. The topological polar surface area (TPSA) is 73.1 Å². The largest absolute Gasteiger partial charge is 0.286 e. The zero-order valence-corrected chi connectivity index (χ0v) is 8.00.